The smallest absolute Gasteiger partial charge is 0.329 e. The Morgan fingerprint density at radius 3 is 2.48 bits per heavy atom. The number of hydrogen-bond donors (Lipinski definition) is 1. The Hall–Kier alpha value is -0.830. The lowest BCUT2D eigenvalue weighted by Gasteiger charge is -2.38. The summed E-state index contributed by atoms with van der Waals surface area (Å²) in [5.74, 6) is 0.0200. The molecular weight excluding hydrogens is 353 g/mol. The first-order valence-electron chi connectivity index (χ1n) is 7.07. The second kappa shape index (κ2) is 7.38. The Morgan fingerprint density at radius 1 is 1.30 bits per heavy atom. The van der Waals surface area contributed by atoms with Gasteiger partial charge in [0.05, 0.1) is 10.5 Å². The van der Waals surface area contributed by atoms with Crippen LogP contribution in [-0.2, 0) is 16.2 Å². The van der Waals surface area contributed by atoms with Crippen molar-refractivity contribution in [1.82, 2.24) is 4.31 Å². The number of nitrogens with two attached hydrogens (primary N) is 1. The van der Waals surface area contributed by atoms with Gasteiger partial charge in [-0.05, 0) is 30.9 Å². The molecule has 4 nitrogen and oxygen atoms in total. The molecule has 2 rings (SSSR count). The van der Waals surface area contributed by atoms with Crippen molar-refractivity contribution in [3.8, 4) is 0 Å². The summed E-state index contributed by atoms with van der Waals surface area (Å²) < 4.78 is 65.9. The maximum absolute atomic E-state index is 13.1. The fourth-order valence-corrected chi connectivity index (χ4v) is 4.90. The second-order valence-electron chi connectivity index (χ2n) is 5.53. The SMILES string of the molecule is CC1CCCN(S(=O)(=O)c2ccccc2C(F)(F)F)C1CN.Cl. The molecule has 2 atom stereocenters. The van der Waals surface area contributed by atoms with Gasteiger partial charge in [0, 0.05) is 19.1 Å². The Labute approximate surface area is 140 Å². The van der Waals surface area contributed by atoms with Crippen LogP contribution >= 0.6 is 12.4 Å². The van der Waals surface area contributed by atoms with Crippen molar-refractivity contribution in [3.05, 3.63) is 29.8 Å². The van der Waals surface area contributed by atoms with E-state index in [1.165, 1.54) is 12.1 Å². The summed E-state index contributed by atoms with van der Waals surface area (Å²) in [5.41, 5.74) is 4.52. The van der Waals surface area contributed by atoms with Gasteiger partial charge in [-0.2, -0.15) is 17.5 Å². The molecule has 1 fully saturated rings. The van der Waals surface area contributed by atoms with Crippen molar-refractivity contribution in [3.63, 3.8) is 0 Å². The predicted molar refractivity (Wildman–Crippen MR) is 83.8 cm³/mol. The molecule has 0 spiro atoms. The lowest BCUT2D eigenvalue weighted by atomic mass is 9.93. The van der Waals surface area contributed by atoms with Crippen LogP contribution in [0.5, 0.6) is 0 Å². The van der Waals surface area contributed by atoms with E-state index < -0.39 is 32.7 Å². The minimum atomic E-state index is -4.72. The Bertz CT molecular complexity index is 637. The van der Waals surface area contributed by atoms with E-state index in [0.29, 0.717) is 6.42 Å². The van der Waals surface area contributed by atoms with Gasteiger partial charge >= 0.3 is 6.18 Å². The van der Waals surface area contributed by atoms with Gasteiger partial charge in [0.25, 0.3) is 0 Å². The molecule has 1 aliphatic heterocycles. The molecule has 0 aliphatic carbocycles. The molecule has 9 heteroatoms. The van der Waals surface area contributed by atoms with Crippen LogP contribution in [0, 0.1) is 5.92 Å². The highest BCUT2D eigenvalue weighted by atomic mass is 35.5. The maximum Gasteiger partial charge on any atom is 0.417 e. The standard InChI is InChI=1S/C14H19F3N2O2S.ClH/c1-10-5-4-8-19(12(10)9-18)22(20,21)13-7-3-2-6-11(13)14(15,16)17;/h2-3,6-7,10,12H,4-5,8-9,18H2,1H3;1H. The summed E-state index contributed by atoms with van der Waals surface area (Å²) >= 11 is 0. The van der Waals surface area contributed by atoms with E-state index in [0.717, 1.165) is 22.9 Å². The second-order valence-corrected chi connectivity index (χ2v) is 7.39. The third kappa shape index (κ3) is 3.99. The topological polar surface area (TPSA) is 63.4 Å². The fourth-order valence-electron chi connectivity index (χ4n) is 2.91. The first-order valence-corrected chi connectivity index (χ1v) is 8.51. The number of piperidine rings is 1. The van der Waals surface area contributed by atoms with E-state index in [9.17, 15) is 21.6 Å². The van der Waals surface area contributed by atoms with E-state index in [1.54, 1.807) is 0 Å². The summed E-state index contributed by atoms with van der Waals surface area (Å²) in [6.45, 7) is 2.16. The summed E-state index contributed by atoms with van der Waals surface area (Å²) in [5, 5.41) is 0. The van der Waals surface area contributed by atoms with Crippen molar-refractivity contribution >= 4 is 22.4 Å². The predicted octanol–water partition coefficient (Wildman–Crippen LogP) is 2.88. The average Bonchev–Trinajstić information content (AvgIpc) is 2.46. The fraction of sp³-hybridized carbons (Fsp3) is 0.571. The van der Waals surface area contributed by atoms with E-state index in [-0.39, 0.29) is 31.4 Å². The summed E-state index contributed by atoms with van der Waals surface area (Å²) in [6.07, 6.45) is -3.29. The number of alkyl halides is 3. The van der Waals surface area contributed by atoms with Crippen molar-refractivity contribution in [2.24, 2.45) is 11.7 Å². The Balaban J connectivity index is 0.00000264. The van der Waals surface area contributed by atoms with Crippen LogP contribution in [0.25, 0.3) is 0 Å². The molecule has 1 aromatic rings. The molecule has 0 radical (unpaired) electrons. The third-order valence-electron chi connectivity index (χ3n) is 4.09. The van der Waals surface area contributed by atoms with Gasteiger partial charge in [0.1, 0.15) is 0 Å². The molecule has 1 aliphatic rings. The van der Waals surface area contributed by atoms with Gasteiger partial charge < -0.3 is 5.73 Å². The normalized spacial score (nSPS) is 23.3. The molecule has 0 bridgehead atoms. The monoisotopic (exact) mass is 372 g/mol. The first-order chi connectivity index (χ1) is 10.2. The summed E-state index contributed by atoms with van der Waals surface area (Å²) in [7, 11) is -4.24. The van der Waals surface area contributed by atoms with Crippen LogP contribution in [0.2, 0.25) is 0 Å². The quantitative estimate of drug-likeness (QED) is 0.887. The third-order valence-corrected chi connectivity index (χ3v) is 6.07. The van der Waals surface area contributed by atoms with Gasteiger partial charge in [-0.3, -0.25) is 0 Å². The zero-order valence-corrected chi connectivity index (χ0v) is 14.2. The molecule has 132 valence electrons. The van der Waals surface area contributed by atoms with Gasteiger partial charge in [-0.15, -0.1) is 12.4 Å². The minimum absolute atomic E-state index is 0. The van der Waals surface area contributed by atoms with Crippen LogP contribution in [-0.4, -0.2) is 31.9 Å². The number of nitrogens with zero attached hydrogens (tertiary/aromatic N) is 1. The molecule has 1 aromatic carbocycles. The lowest BCUT2D eigenvalue weighted by molar-refractivity contribution is -0.139. The average molecular weight is 373 g/mol. The number of rotatable bonds is 3. The van der Waals surface area contributed by atoms with Crippen molar-refractivity contribution < 1.29 is 21.6 Å². The number of hydrogen-bond acceptors (Lipinski definition) is 3. The minimum Gasteiger partial charge on any atom is -0.329 e. The van der Waals surface area contributed by atoms with Crippen molar-refractivity contribution in [2.45, 2.75) is 36.9 Å². The van der Waals surface area contributed by atoms with E-state index in [2.05, 4.69) is 0 Å². The zero-order valence-electron chi connectivity index (χ0n) is 12.6. The zero-order chi connectivity index (χ0) is 16.5. The van der Waals surface area contributed by atoms with E-state index >= 15 is 0 Å². The van der Waals surface area contributed by atoms with Crippen LogP contribution in [0.4, 0.5) is 13.2 Å². The molecule has 1 heterocycles. The van der Waals surface area contributed by atoms with Gasteiger partial charge in [-0.1, -0.05) is 19.1 Å². The Kier molecular flexibility index (Phi) is 6.48. The highest BCUT2D eigenvalue weighted by Gasteiger charge is 2.42. The van der Waals surface area contributed by atoms with Crippen LogP contribution in [0.15, 0.2) is 29.2 Å². The number of sulfonamides is 1. The summed E-state index contributed by atoms with van der Waals surface area (Å²) in [4.78, 5) is -0.699. The molecular formula is C14H20ClF3N2O2S. The highest BCUT2D eigenvalue weighted by molar-refractivity contribution is 7.89. The van der Waals surface area contributed by atoms with Gasteiger partial charge in [0.2, 0.25) is 10.0 Å². The lowest BCUT2D eigenvalue weighted by Crippen LogP contribution is -2.51. The molecule has 1 saturated heterocycles. The summed E-state index contributed by atoms with van der Waals surface area (Å²) in [6, 6.07) is 3.80. The van der Waals surface area contributed by atoms with Crippen molar-refractivity contribution in [2.75, 3.05) is 13.1 Å². The van der Waals surface area contributed by atoms with Crippen LogP contribution in [0.1, 0.15) is 25.3 Å². The molecule has 2 N–H and O–H groups in total. The number of benzene rings is 1. The van der Waals surface area contributed by atoms with Crippen molar-refractivity contribution in [1.29, 1.82) is 0 Å². The Morgan fingerprint density at radius 2 is 1.91 bits per heavy atom. The van der Waals surface area contributed by atoms with Gasteiger partial charge in [-0.25, -0.2) is 8.42 Å². The van der Waals surface area contributed by atoms with E-state index in [1.807, 2.05) is 6.92 Å². The molecule has 23 heavy (non-hydrogen) atoms. The van der Waals surface area contributed by atoms with Crippen LogP contribution < -0.4 is 5.73 Å². The first kappa shape index (κ1) is 20.2. The highest BCUT2D eigenvalue weighted by Crippen LogP contribution is 2.37. The van der Waals surface area contributed by atoms with E-state index in [4.69, 9.17) is 5.73 Å². The maximum atomic E-state index is 13.1. The molecule has 0 amide bonds. The van der Waals surface area contributed by atoms with Gasteiger partial charge in [0.15, 0.2) is 0 Å². The largest absolute Gasteiger partial charge is 0.417 e. The molecule has 0 saturated carbocycles. The number of halogens is 4. The van der Waals surface area contributed by atoms with Crippen LogP contribution in [0.3, 0.4) is 0 Å². The molecule has 0 aromatic heterocycles. The molecule has 2 unspecified atom stereocenters.